The Labute approximate surface area is 187 Å². The van der Waals surface area contributed by atoms with Gasteiger partial charge in [-0.05, 0) is 36.5 Å². The number of hydrogen-bond acceptors (Lipinski definition) is 6. The van der Waals surface area contributed by atoms with Crippen LogP contribution in [0.3, 0.4) is 0 Å². The Hall–Kier alpha value is 0.0800. The van der Waals surface area contributed by atoms with Gasteiger partial charge in [0.15, 0.2) is 0 Å². The molecule has 0 atom stereocenters. The van der Waals surface area contributed by atoms with Gasteiger partial charge in [0.2, 0.25) is 0 Å². The van der Waals surface area contributed by atoms with Gasteiger partial charge in [-0.3, -0.25) is 0 Å². The summed E-state index contributed by atoms with van der Waals surface area (Å²) in [5, 5.41) is 0. The molecule has 0 N–H and O–H groups in total. The number of para-hydroxylation sites is 1. The van der Waals surface area contributed by atoms with Crippen LogP contribution >= 0.6 is 70.6 Å². The van der Waals surface area contributed by atoms with Crippen molar-refractivity contribution in [3.8, 4) is 5.69 Å². The van der Waals surface area contributed by atoms with Crippen LogP contribution in [0.25, 0.3) is 5.69 Å². The molecule has 0 radical (unpaired) electrons. The minimum Gasteiger partial charge on any atom is -0.322 e. The summed E-state index contributed by atoms with van der Waals surface area (Å²) in [6.07, 6.45) is 7.01. The van der Waals surface area contributed by atoms with E-state index in [4.69, 9.17) is 0 Å². The lowest BCUT2D eigenvalue weighted by Crippen LogP contribution is -1.88. The van der Waals surface area contributed by atoms with Crippen LogP contribution in [0.2, 0.25) is 0 Å². The SMILES string of the molecule is CCCSC1=C(SCCC)SC(=C2Sc3cn(-c4ccccc4)cc3S2)S1. The Morgan fingerprint density at radius 1 is 0.741 bits per heavy atom. The lowest BCUT2D eigenvalue weighted by molar-refractivity contribution is 1.06. The van der Waals surface area contributed by atoms with Crippen molar-refractivity contribution >= 4 is 70.6 Å². The number of rotatable bonds is 7. The number of thioether (sulfide) groups is 6. The highest BCUT2D eigenvalue weighted by molar-refractivity contribution is 8.42. The molecule has 7 heteroatoms. The highest BCUT2D eigenvalue weighted by Crippen LogP contribution is 2.64. The van der Waals surface area contributed by atoms with Crippen molar-refractivity contribution in [1.82, 2.24) is 4.57 Å². The second-order valence-electron chi connectivity index (χ2n) is 5.98. The average Bonchev–Trinajstić information content (AvgIpc) is 3.38. The zero-order valence-corrected chi connectivity index (χ0v) is 20.2. The van der Waals surface area contributed by atoms with E-state index in [0.29, 0.717) is 0 Å². The van der Waals surface area contributed by atoms with Crippen LogP contribution in [0.5, 0.6) is 0 Å². The summed E-state index contributed by atoms with van der Waals surface area (Å²) in [4.78, 5) is 2.76. The molecule has 3 heterocycles. The molecule has 0 spiro atoms. The quantitative estimate of drug-likeness (QED) is 0.398. The van der Waals surface area contributed by atoms with Crippen LogP contribution in [-0.4, -0.2) is 16.1 Å². The number of fused-ring (bicyclic) bond motifs is 1. The van der Waals surface area contributed by atoms with Crippen molar-refractivity contribution in [3.63, 3.8) is 0 Å². The maximum atomic E-state index is 2.27. The third kappa shape index (κ3) is 4.81. The van der Waals surface area contributed by atoms with E-state index in [1.54, 1.807) is 0 Å². The zero-order chi connectivity index (χ0) is 18.6. The van der Waals surface area contributed by atoms with Crippen LogP contribution in [0.4, 0.5) is 0 Å². The van der Waals surface area contributed by atoms with Crippen LogP contribution < -0.4 is 0 Å². The fraction of sp³-hybridized carbons (Fsp3) is 0.300. The van der Waals surface area contributed by atoms with Crippen LogP contribution in [-0.2, 0) is 0 Å². The summed E-state index contributed by atoms with van der Waals surface area (Å²) in [6, 6.07) is 10.6. The fourth-order valence-corrected chi connectivity index (χ4v) is 11.1. The lowest BCUT2D eigenvalue weighted by atomic mass is 10.3. The highest BCUT2D eigenvalue weighted by atomic mass is 32.3. The van der Waals surface area contributed by atoms with Crippen molar-refractivity contribution in [3.05, 3.63) is 59.7 Å². The van der Waals surface area contributed by atoms with Crippen molar-refractivity contribution in [2.45, 2.75) is 36.5 Å². The summed E-state index contributed by atoms with van der Waals surface area (Å²) in [7, 11) is 0. The predicted octanol–water partition coefficient (Wildman–Crippen LogP) is 8.69. The van der Waals surface area contributed by atoms with Crippen molar-refractivity contribution in [2.75, 3.05) is 11.5 Å². The van der Waals surface area contributed by atoms with E-state index in [1.165, 1.54) is 56.8 Å². The second-order valence-corrected chi connectivity index (χ2v) is 13.4. The van der Waals surface area contributed by atoms with Gasteiger partial charge in [0, 0.05) is 27.9 Å². The smallest absolute Gasteiger partial charge is 0.0717 e. The molecule has 0 bridgehead atoms. The molecule has 1 nitrogen and oxygen atoms in total. The first kappa shape index (κ1) is 20.4. The molecule has 0 unspecified atom stereocenters. The summed E-state index contributed by atoms with van der Waals surface area (Å²) in [5.41, 5.74) is 1.23. The summed E-state index contributed by atoms with van der Waals surface area (Å²) >= 11 is 11.9. The monoisotopic (exact) mass is 467 g/mol. The first-order valence-electron chi connectivity index (χ1n) is 9.01. The van der Waals surface area contributed by atoms with Gasteiger partial charge in [-0.15, -0.1) is 23.5 Å². The molecule has 1 aromatic heterocycles. The fourth-order valence-electron chi connectivity index (χ4n) is 2.55. The Bertz CT molecular complexity index is 820. The maximum Gasteiger partial charge on any atom is 0.0717 e. The Balaban J connectivity index is 1.49. The molecule has 0 saturated carbocycles. The van der Waals surface area contributed by atoms with E-state index in [0.717, 1.165) is 0 Å². The third-order valence-electron chi connectivity index (χ3n) is 3.79. The van der Waals surface area contributed by atoms with Crippen LogP contribution in [0.1, 0.15) is 26.7 Å². The van der Waals surface area contributed by atoms with E-state index in [9.17, 15) is 0 Å². The Morgan fingerprint density at radius 2 is 1.26 bits per heavy atom. The van der Waals surface area contributed by atoms with Gasteiger partial charge in [0.25, 0.3) is 0 Å². The van der Waals surface area contributed by atoms with Crippen LogP contribution in [0, 0.1) is 0 Å². The van der Waals surface area contributed by atoms with Gasteiger partial charge in [0.1, 0.15) is 0 Å². The largest absolute Gasteiger partial charge is 0.322 e. The minimum atomic E-state index is 1.21. The van der Waals surface area contributed by atoms with E-state index in [1.807, 2.05) is 70.6 Å². The molecular weight excluding hydrogens is 447 g/mol. The number of aromatic nitrogens is 1. The van der Waals surface area contributed by atoms with Crippen molar-refractivity contribution < 1.29 is 0 Å². The average molecular weight is 468 g/mol. The number of benzene rings is 1. The molecule has 142 valence electrons. The number of hydrogen-bond donors (Lipinski definition) is 0. The van der Waals surface area contributed by atoms with E-state index < -0.39 is 0 Å². The van der Waals surface area contributed by atoms with E-state index >= 15 is 0 Å². The molecule has 0 amide bonds. The first-order chi connectivity index (χ1) is 13.3. The predicted molar refractivity (Wildman–Crippen MR) is 132 cm³/mol. The van der Waals surface area contributed by atoms with E-state index in [2.05, 4.69) is 61.1 Å². The van der Waals surface area contributed by atoms with Gasteiger partial charge < -0.3 is 4.57 Å². The van der Waals surface area contributed by atoms with E-state index in [-0.39, 0.29) is 0 Å². The molecule has 0 fully saturated rings. The maximum absolute atomic E-state index is 2.27. The van der Waals surface area contributed by atoms with Crippen molar-refractivity contribution in [2.24, 2.45) is 0 Å². The highest BCUT2D eigenvalue weighted by Gasteiger charge is 2.29. The Morgan fingerprint density at radius 3 is 1.78 bits per heavy atom. The molecule has 2 aliphatic heterocycles. The van der Waals surface area contributed by atoms with Crippen LogP contribution in [0.15, 0.2) is 69.5 Å². The standard InChI is InChI=1S/C20H21NS6/c1-3-10-22-17-18(23-11-4-2)27-20(26-17)19-24-15-12-21(13-16(15)25-19)14-8-6-5-7-9-14/h5-9,12-13H,3-4,10-11H2,1-2H3. The first-order valence-corrected chi connectivity index (χ1v) is 14.2. The molecule has 27 heavy (non-hydrogen) atoms. The Kier molecular flexibility index (Phi) is 7.33. The normalized spacial score (nSPS) is 16.5. The minimum absolute atomic E-state index is 1.21. The molecular formula is C20H21NS6. The van der Waals surface area contributed by atoms with Gasteiger partial charge in [-0.2, -0.15) is 0 Å². The third-order valence-corrected chi connectivity index (χ3v) is 12.7. The summed E-state index contributed by atoms with van der Waals surface area (Å²) in [6.45, 7) is 4.53. The zero-order valence-electron chi connectivity index (χ0n) is 15.3. The molecule has 0 saturated heterocycles. The molecule has 1 aromatic carbocycles. The lowest BCUT2D eigenvalue weighted by Gasteiger charge is -2.04. The van der Waals surface area contributed by atoms with Gasteiger partial charge >= 0.3 is 0 Å². The molecule has 4 rings (SSSR count). The summed E-state index contributed by atoms with van der Waals surface area (Å²) in [5.74, 6) is 2.43. The molecule has 2 aromatic rings. The second kappa shape index (κ2) is 9.72. The van der Waals surface area contributed by atoms with Gasteiger partial charge in [-0.25, -0.2) is 0 Å². The topological polar surface area (TPSA) is 4.93 Å². The number of nitrogens with zero attached hydrogens (tertiary/aromatic N) is 1. The van der Waals surface area contributed by atoms with Crippen molar-refractivity contribution in [1.29, 1.82) is 0 Å². The van der Waals surface area contributed by atoms with Gasteiger partial charge in [-0.1, -0.05) is 79.1 Å². The summed E-state index contributed by atoms with van der Waals surface area (Å²) < 4.78 is 8.22. The molecule has 0 aliphatic carbocycles. The van der Waals surface area contributed by atoms with Gasteiger partial charge in [0.05, 0.1) is 16.9 Å². The molecule has 2 aliphatic rings.